The molecule has 25 heavy (non-hydrogen) atoms. The maximum absolute atomic E-state index is 11.9. The van der Waals surface area contributed by atoms with Gasteiger partial charge >= 0.3 is 23.5 Å². The van der Waals surface area contributed by atoms with Crippen LogP contribution in [0, 0.1) is 0 Å². The predicted octanol–water partition coefficient (Wildman–Crippen LogP) is 1.50. The van der Waals surface area contributed by atoms with Gasteiger partial charge < -0.3 is 19.6 Å². The van der Waals surface area contributed by atoms with Crippen LogP contribution in [0.25, 0.3) is 0 Å². The van der Waals surface area contributed by atoms with Crippen LogP contribution in [-0.4, -0.2) is 49.5 Å². The lowest BCUT2D eigenvalue weighted by atomic mass is 10.4. The van der Waals surface area contributed by atoms with Crippen LogP contribution in [0.4, 0.5) is 0 Å². The number of hydrogen-bond acceptors (Lipinski definition) is 9. The number of hydroxylamine groups is 1. The normalized spacial score (nSPS) is 17.6. The van der Waals surface area contributed by atoms with Gasteiger partial charge in [0.2, 0.25) is 0 Å². The van der Waals surface area contributed by atoms with Gasteiger partial charge in [-0.05, 0) is 19.3 Å². The third-order valence-electron chi connectivity index (χ3n) is 2.28. The molecule has 0 aromatic rings. The molecule has 2 atom stereocenters. The predicted molar refractivity (Wildman–Crippen MR) is 87.2 cm³/mol. The maximum atomic E-state index is 11.9. The molecule has 0 heterocycles. The van der Waals surface area contributed by atoms with E-state index in [1.807, 2.05) is 13.8 Å². The van der Waals surface area contributed by atoms with Crippen LogP contribution in [-0.2, 0) is 26.9 Å². The molecule has 16 heteroatoms. The molecule has 0 aromatic carbocycles. The standard InChI is InChI=1S/C9H26N3O10P3/c1-4-7-10-11(8-5-2)12(9-6-3)20-24(16,17)22-25(18,19)21-23(13,14)15/h10H,4-9H2,1-3H3,(H,16,17)(H,18,19)(H2,13,14,15). The highest BCUT2D eigenvalue weighted by atomic mass is 31.3. The highest BCUT2D eigenvalue weighted by Crippen LogP contribution is 2.66. The molecule has 5 N–H and O–H groups in total. The molecule has 2 unspecified atom stereocenters. The first-order valence-electron chi connectivity index (χ1n) is 7.47. The Balaban J connectivity index is 5.15. The van der Waals surface area contributed by atoms with Crippen molar-refractivity contribution in [1.29, 1.82) is 0 Å². The largest absolute Gasteiger partial charge is 0.499 e. The van der Waals surface area contributed by atoms with Crippen LogP contribution in [0.2, 0.25) is 0 Å². The van der Waals surface area contributed by atoms with E-state index in [1.54, 1.807) is 6.92 Å². The molecule has 0 rings (SSSR count). The van der Waals surface area contributed by atoms with Crippen molar-refractivity contribution in [2.75, 3.05) is 19.6 Å². The van der Waals surface area contributed by atoms with Gasteiger partial charge in [0, 0.05) is 19.6 Å². The Hall–Kier alpha value is 0.290. The van der Waals surface area contributed by atoms with Crippen molar-refractivity contribution in [2.24, 2.45) is 0 Å². The molecule has 0 aromatic heterocycles. The fourth-order valence-corrected chi connectivity index (χ4v) is 4.57. The Morgan fingerprint density at radius 1 is 0.840 bits per heavy atom. The number of phosphoric acid groups is 3. The van der Waals surface area contributed by atoms with Gasteiger partial charge in [-0.25, -0.2) is 19.1 Å². The maximum Gasteiger partial charge on any atom is 0.499 e. The number of hydrogen-bond donors (Lipinski definition) is 5. The van der Waals surface area contributed by atoms with Crippen LogP contribution < -0.4 is 5.43 Å². The zero-order valence-electron chi connectivity index (χ0n) is 14.2. The molecule has 0 aliphatic rings. The summed E-state index contributed by atoms with van der Waals surface area (Å²) in [7, 11) is -16.2. The monoisotopic (exact) mass is 429 g/mol. The van der Waals surface area contributed by atoms with Crippen LogP contribution in [0.5, 0.6) is 0 Å². The molecular weight excluding hydrogens is 403 g/mol. The van der Waals surface area contributed by atoms with E-state index in [1.165, 1.54) is 5.12 Å². The lowest BCUT2D eigenvalue weighted by Gasteiger charge is -2.34. The fraction of sp³-hybridized carbons (Fsp3) is 1.00. The lowest BCUT2D eigenvalue weighted by Crippen LogP contribution is -2.51. The van der Waals surface area contributed by atoms with Crippen molar-refractivity contribution < 1.29 is 46.5 Å². The quantitative estimate of drug-likeness (QED) is 0.198. The molecule has 0 saturated carbocycles. The SMILES string of the molecule is CCCNN(CCC)N(CCC)OP(=O)(O)OP(=O)(O)OP(=O)(O)O. The summed E-state index contributed by atoms with van der Waals surface area (Å²) in [6, 6.07) is 0. The second-order valence-electron chi connectivity index (χ2n) is 4.78. The smallest absolute Gasteiger partial charge is 0.302 e. The van der Waals surface area contributed by atoms with Crippen LogP contribution >= 0.6 is 23.5 Å². The molecule has 152 valence electrons. The zero-order valence-corrected chi connectivity index (χ0v) is 16.9. The summed E-state index contributed by atoms with van der Waals surface area (Å²) < 4.78 is 46.1. The number of nitrogens with zero attached hydrogens (tertiary/aromatic N) is 2. The van der Waals surface area contributed by atoms with E-state index in [0.717, 1.165) is 11.6 Å². The molecule has 0 radical (unpaired) electrons. The average Bonchev–Trinajstić information content (AvgIpc) is 2.38. The Labute approximate surface area is 146 Å². The van der Waals surface area contributed by atoms with Crippen LogP contribution in [0.1, 0.15) is 40.0 Å². The Morgan fingerprint density at radius 3 is 1.84 bits per heavy atom. The second kappa shape index (κ2) is 11.2. The molecule has 0 aliphatic carbocycles. The lowest BCUT2D eigenvalue weighted by molar-refractivity contribution is -0.252. The van der Waals surface area contributed by atoms with Gasteiger partial charge in [-0.2, -0.15) is 18.4 Å². The molecule has 0 bridgehead atoms. The first-order valence-corrected chi connectivity index (χ1v) is 12.0. The van der Waals surface area contributed by atoms with Crippen molar-refractivity contribution in [2.45, 2.75) is 40.0 Å². The van der Waals surface area contributed by atoms with Gasteiger partial charge in [0.05, 0.1) is 0 Å². The molecule has 0 saturated heterocycles. The molecule has 0 amide bonds. The van der Waals surface area contributed by atoms with Crippen molar-refractivity contribution in [3.05, 3.63) is 0 Å². The van der Waals surface area contributed by atoms with E-state index in [-0.39, 0.29) is 6.54 Å². The van der Waals surface area contributed by atoms with Crippen LogP contribution in [0.15, 0.2) is 0 Å². The fourth-order valence-electron chi connectivity index (χ4n) is 1.53. The first kappa shape index (κ1) is 25.3. The highest BCUT2D eigenvalue weighted by Gasteiger charge is 2.42. The minimum Gasteiger partial charge on any atom is -0.302 e. The Morgan fingerprint density at radius 2 is 1.40 bits per heavy atom. The molecular formula is C9H26N3O10P3. The minimum absolute atomic E-state index is 0.125. The van der Waals surface area contributed by atoms with Gasteiger partial charge in [0.25, 0.3) is 0 Å². The second-order valence-corrected chi connectivity index (χ2v) is 9.10. The van der Waals surface area contributed by atoms with Gasteiger partial charge in [-0.15, -0.1) is 0 Å². The summed E-state index contributed by atoms with van der Waals surface area (Å²) in [6.07, 6.45) is 1.90. The average molecular weight is 429 g/mol. The number of hydrazine groups is 2. The Kier molecular flexibility index (Phi) is 11.3. The van der Waals surface area contributed by atoms with E-state index in [9.17, 15) is 23.5 Å². The van der Waals surface area contributed by atoms with Crippen molar-refractivity contribution >= 4 is 23.5 Å². The van der Waals surface area contributed by atoms with E-state index in [4.69, 9.17) is 14.4 Å². The van der Waals surface area contributed by atoms with Crippen molar-refractivity contribution in [3.8, 4) is 0 Å². The molecule has 0 aliphatic heterocycles. The summed E-state index contributed by atoms with van der Waals surface area (Å²) in [5, 5.41) is 2.34. The van der Waals surface area contributed by atoms with E-state index < -0.39 is 23.5 Å². The summed E-state index contributed by atoms with van der Waals surface area (Å²) in [4.78, 5) is 35.8. The van der Waals surface area contributed by atoms with Gasteiger partial charge in [0.1, 0.15) is 0 Å². The Bertz CT molecular complexity index is 529. The van der Waals surface area contributed by atoms with E-state index >= 15 is 0 Å². The molecule has 0 spiro atoms. The number of rotatable bonds is 14. The van der Waals surface area contributed by atoms with E-state index in [2.05, 4.69) is 14.0 Å². The van der Waals surface area contributed by atoms with Gasteiger partial charge in [0.15, 0.2) is 0 Å². The third kappa shape index (κ3) is 12.3. The van der Waals surface area contributed by atoms with Gasteiger partial charge in [-0.1, -0.05) is 25.9 Å². The third-order valence-corrected chi connectivity index (χ3v) is 6.00. The van der Waals surface area contributed by atoms with Crippen molar-refractivity contribution in [3.63, 3.8) is 0 Å². The summed E-state index contributed by atoms with van der Waals surface area (Å²) in [5.41, 5.74) is 2.94. The first-order chi connectivity index (χ1) is 11.4. The molecule has 0 fully saturated rings. The zero-order chi connectivity index (χ0) is 19.7. The minimum atomic E-state index is -5.54. The number of nitrogens with one attached hydrogen (secondary N) is 1. The topological polar surface area (TPSA) is 178 Å². The summed E-state index contributed by atoms with van der Waals surface area (Å²) in [5.74, 6) is 0. The van der Waals surface area contributed by atoms with Crippen LogP contribution in [0.3, 0.4) is 0 Å². The summed E-state index contributed by atoms with van der Waals surface area (Å²) >= 11 is 0. The summed E-state index contributed by atoms with van der Waals surface area (Å²) in [6.45, 7) is 6.56. The van der Waals surface area contributed by atoms with Gasteiger partial charge in [-0.3, -0.25) is 0 Å². The molecule has 13 nitrogen and oxygen atoms in total. The van der Waals surface area contributed by atoms with Crippen molar-refractivity contribution in [1.82, 2.24) is 15.7 Å². The highest BCUT2D eigenvalue weighted by molar-refractivity contribution is 7.66. The van der Waals surface area contributed by atoms with E-state index in [0.29, 0.717) is 25.9 Å².